The molecule has 3 nitrogen and oxygen atoms in total. The van der Waals surface area contributed by atoms with Gasteiger partial charge in [0.25, 0.3) is 0 Å². The third-order valence-corrected chi connectivity index (χ3v) is 3.98. The first-order valence-electron chi connectivity index (χ1n) is 6.89. The molecule has 3 heteroatoms. The van der Waals surface area contributed by atoms with Crippen LogP contribution >= 0.6 is 0 Å². The van der Waals surface area contributed by atoms with Crippen LogP contribution in [0.1, 0.15) is 18.1 Å². The number of nitrogens with zero attached hydrogens (tertiary/aromatic N) is 1. The van der Waals surface area contributed by atoms with Crippen molar-refractivity contribution in [2.45, 2.75) is 25.9 Å². The highest BCUT2D eigenvalue weighted by Crippen LogP contribution is 2.34. The Hall–Kier alpha value is -2.16. The predicted molar refractivity (Wildman–Crippen MR) is 80.4 cm³/mol. The lowest BCUT2D eigenvalue weighted by Gasteiger charge is -2.25. The van der Waals surface area contributed by atoms with E-state index in [-0.39, 0.29) is 0 Å². The smallest absolute Gasteiger partial charge is 0.124 e. The number of phenolic OH excluding ortho intramolecular Hbond substituents is 1. The third-order valence-electron chi connectivity index (χ3n) is 3.98. The highest BCUT2D eigenvalue weighted by molar-refractivity contribution is 5.60. The Bertz CT molecular complexity index is 624. The van der Waals surface area contributed by atoms with Gasteiger partial charge < -0.3 is 14.7 Å². The number of para-hydroxylation sites is 1. The van der Waals surface area contributed by atoms with Crippen LogP contribution in [0.5, 0.6) is 11.5 Å². The summed E-state index contributed by atoms with van der Waals surface area (Å²) in [5, 5.41) is 10.1. The Balaban J connectivity index is 1.88. The largest absolute Gasteiger partial charge is 0.507 e. The molecule has 0 aromatic heterocycles. The van der Waals surface area contributed by atoms with Gasteiger partial charge in [0.05, 0.1) is 7.11 Å². The zero-order valence-corrected chi connectivity index (χ0v) is 11.8. The summed E-state index contributed by atoms with van der Waals surface area (Å²) in [4.78, 5) is 2.34. The summed E-state index contributed by atoms with van der Waals surface area (Å²) < 4.78 is 5.12. The lowest BCUT2D eigenvalue weighted by atomic mass is 10.1. The molecule has 104 valence electrons. The molecule has 0 spiro atoms. The van der Waals surface area contributed by atoms with Gasteiger partial charge in [-0.15, -0.1) is 0 Å². The fourth-order valence-electron chi connectivity index (χ4n) is 2.86. The van der Waals surface area contributed by atoms with Gasteiger partial charge in [0.1, 0.15) is 11.5 Å². The first-order chi connectivity index (χ1) is 9.69. The minimum atomic E-state index is 0.293. The average molecular weight is 269 g/mol. The second-order valence-electron chi connectivity index (χ2n) is 5.30. The Morgan fingerprint density at radius 1 is 1.25 bits per heavy atom. The second kappa shape index (κ2) is 5.08. The van der Waals surface area contributed by atoms with Gasteiger partial charge in [0.2, 0.25) is 0 Å². The van der Waals surface area contributed by atoms with E-state index < -0.39 is 0 Å². The molecule has 3 rings (SSSR count). The fourth-order valence-corrected chi connectivity index (χ4v) is 2.86. The van der Waals surface area contributed by atoms with Crippen molar-refractivity contribution in [3.05, 3.63) is 53.6 Å². The van der Waals surface area contributed by atoms with Gasteiger partial charge in [-0.05, 0) is 37.1 Å². The van der Waals surface area contributed by atoms with Crippen molar-refractivity contribution in [3.8, 4) is 11.5 Å². The number of anilines is 1. The van der Waals surface area contributed by atoms with E-state index in [2.05, 4.69) is 36.1 Å². The van der Waals surface area contributed by atoms with Crippen LogP contribution in [-0.4, -0.2) is 18.3 Å². The van der Waals surface area contributed by atoms with Crippen LogP contribution in [0.4, 0.5) is 5.69 Å². The second-order valence-corrected chi connectivity index (χ2v) is 5.30. The molecular weight excluding hydrogens is 250 g/mol. The fraction of sp³-hybridized carbons (Fsp3) is 0.294. The first-order valence-corrected chi connectivity index (χ1v) is 6.89. The molecule has 20 heavy (non-hydrogen) atoms. The number of methoxy groups -OCH3 is 1. The predicted octanol–water partition coefficient (Wildman–Crippen LogP) is 3.35. The molecule has 0 saturated heterocycles. The van der Waals surface area contributed by atoms with Crippen LogP contribution in [0.3, 0.4) is 0 Å². The van der Waals surface area contributed by atoms with E-state index >= 15 is 0 Å². The van der Waals surface area contributed by atoms with Crippen molar-refractivity contribution in [2.75, 3.05) is 12.0 Å². The van der Waals surface area contributed by atoms with Gasteiger partial charge in [-0.25, -0.2) is 0 Å². The van der Waals surface area contributed by atoms with E-state index in [9.17, 15) is 5.11 Å². The molecular formula is C17H19NO2. The molecule has 1 unspecified atom stereocenters. The van der Waals surface area contributed by atoms with E-state index in [1.807, 2.05) is 12.1 Å². The van der Waals surface area contributed by atoms with E-state index in [1.165, 1.54) is 11.3 Å². The number of ether oxygens (including phenoxy) is 1. The number of benzene rings is 2. The third kappa shape index (κ3) is 2.20. The molecule has 2 aromatic carbocycles. The number of hydrogen-bond donors (Lipinski definition) is 1. The van der Waals surface area contributed by atoms with Crippen LogP contribution in [0, 0.1) is 0 Å². The van der Waals surface area contributed by atoms with Crippen molar-refractivity contribution in [1.82, 2.24) is 0 Å². The molecule has 1 aliphatic rings. The van der Waals surface area contributed by atoms with E-state index in [4.69, 9.17) is 4.74 Å². The van der Waals surface area contributed by atoms with Crippen molar-refractivity contribution in [2.24, 2.45) is 0 Å². The Morgan fingerprint density at radius 3 is 2.80 bits per heavy atom. The molecule has 1 heterocycles. The number of phenols is 1. The molecule has 1 N–H and O–H groups in total. The van der Waals surface area contributed by atoms with E-state index in [0.717, 1.165) is 12.0 Å². The maximum Gasteiger partial charge on any atom is 0.124 e. The lowest BCUT2D eigenvalue weighted by Crippen LogP contribution is -2.28. The summed E-state index contributed by atoms with van der Waals surface area (Å²) in [6.45, 7) is 2.94. The summed E-state index contributed by atoms with van der Waals surface area (Å²) in [7, 11) is 1.60. The summed E-state index contributed by atoms with van der Waals surface area (Å²) in [5.41, 5.74) is 3.58. The quantitative estimate of drug-likeness (QED) is 0.927. The van der Waals surface area contributed by atoms with Gasteiger partial charge in [-0.3, -0.25) is 0 Å². The van der Waals surface area contributed by atoms with Gasteiger partial charge in [0, 0.05) is 29.9 Å². The van der Waals surface area contributed by atoms with Gasteiger partial charge in [0.15, 0.2) is 0 Å². The number of fused-ring (bicyclic) bond motifs is 1. The lowest BCUT2D eigenvalue weighted by molar-refractivity contribution is 0.406. The minimum absolute atomic E-state index is 0.293. The zero-order chi connectivity index (χ0) is 14.1. The van der Waals surface area contributed by atoms with Crippen LogP contribution in [0.15, 0.2) is 42.5 Å². The molecule has 0 bridgehead atoms. The van der Waals surface area contributed by atoms with E-state index in [0.29, 0.717) is 24.1 Å². The summed E-state index contributed by atoms with van der Waals surface area (Å²) in [6, 6.07) is 14.4. The van der Waals surface area contributed by atoms with Crippen molar-refractivity contribution < 1.29 is 9.84 Å². The van der Waals surface area contributed by atoms with Crippen molar-refractivity contribution in [3.63, 3.8) is 0 Å². The maximum atomic E-state index is 10.1. The molecule has 2 aromatic rings. The van der Waals surface area contributed by atoms with Crippen LogP contribution in [-0.2, 0) is 13.0 Å². The normalized spacial score (nSPS) is 17.1. The number of rotatable bonds is 3. The Morgan fingerprint density at radius 2 is 2.05 bits per heavy atom. The first kappa shape index (κ1) is 12.9. The zero-order valence-electron chi connectivity index (χ0n) is 11.8. The van der Waals surface area contributed by atoms with Gasteiger partial charge in [-0.1, -0.05) is 18.2 Å². The monoisotopic (exact) mass is 269 g/mol. The van der Waals surface area contributed by atoms with Crippen molar-refractivity contribution in [1.29, 1.82) is 0 Å². The molecule has 0 fully saturated rings. The molecule has 0 radical (unpaired) electrons. The summed E-state index contributed by atoms with van der Waals surface area (Å²) in [5.74, 6) is 0.974. The summed E-state index contributed by atoms with van der Waals surface area (Å²) in [6.07, 6.45) is 1.06. The summed E-state index contributed by atoms with van der Waals surface area (Å²) >= 11 is 0. The molecule has 0 aliphatic carbocycles. The SMILES string of the molecule is COc1ccc(CN2c3ccccc3CC2C)c(O)c1. The highest BCUT2D eigenvalue weighted by atomic mass is 16.5. The molecule has 1 aliphatic heterocycles. The number of hydrogen-bond acceptors (Lipinski definition) is 3. The van der Waals surface area contributed by atoms with Gasteiger partial charge in [-0.2, -0.15) is 0 Å². The average Bonchev–Trinajstić information content (AvgIpc) is 2.77. The topological polar surface area (TPSA) is 32.7 Å². The van der Waals surface area contributed by atoms with Crippen LogP contribution in [0.25, 0.3) is 0 Å². The molecule has 1 atom stereocenters. The highest BCUT2D eigenvalue weighted by Gasteiger charge is 2.25. The maximum absolute atomic E-state index is 10.1. The standard InChI is InChI=1S/C17H19NO2/c1-12-9-13-5-3-4-6-16(13)18(12)11-14-7-8-15(20-2)10-17(14)19/h3-8,10,12,19H,9,11H2,1-2H3. The molecule has 0 saturated carbocycles. The van der Waals surface area contributed by atoms with E-state index in [1.54, 1.807) is 13.2 Å². The Kier molecular flexibility index (Phi) is 3.26. The van der Waals surface area contributed by atoms with Gasteiger partial charge >= 0.3 is 0 Å². The molecule has 0 amide bonds. The van der Waals surface area contributed by atoms with Crippen LogP contribution < -0.4 is 9.64 Å². The van der Waals surface area contributed by atoms with Crippen LogP contribution in [0.2, 0.25) is 0 Å². The van der Waals surface area contributed by atoms with Crippen molar-refractivity contribution >= 4 is 5.69 Å². The minimum Gasteiger partial charge on any atom is -0.507 e. The Labute approximate surface area is 119 Å². The number of aromatic hydroxyl groups is 1.